The van der Waals surface area contributed by atoms with Gasteiger partial charge in [-0.2, -0.15) is 0 Å². The third-order valence-electron chi connectivity index (χ3n) is 2.91. The van der Waals surface area contributed by atoms with Crippen molar-refractivity contribution < 1.29 is 9.53 Å². The zero-order valence-electron chi connectivity index (χ0n) is 10.5. The highest BCUT2D eigenvalue weighted by atomic mass is 16.5. The quantitative estimate of drug-likeness (QED) is 0.774. The number of imidazole rings is 1. The standard InChI is InChI=1S/C14H16N2O2/c1-11(14(17)18-2)16-9-8-15-13(16)10-12-6-4-3-5-7-12/h3-9,11H,10H2,1-2H3. The summed E-state index contributed by atoms with van der Waals surface area (Å²) in [5.41, 5.74) is 1.17. The smallest absolute Gasteiger partial charge is 0.328 e. The molecular weight excluding hydrogens is 228 g/mol. The molecule has 18 heavy (non-hydrogen) atoms. The van der Waals surface area contributed by atoms with Gasteiger partial charge in [0.1, 0.15) is 11.9 Å². The van der Waals surface area contributed by atoms with Gasteiger partial charge in [0, 0.05) is 18.8 Å². The number of carbonyl (C=O) groups excluding carboxylic acids is 1. The molecule has 0 fully saturated rings. The highest BCUT2D eigenvalue weighted by Crippen LogP contribution is 2.14. The number of hydrogen-bond acceptors (Lipinski definition) is 3. The van der Waals surface area contributed by atoms with Crippen LogP contribution in [0.1, 0.15) is 24.4 Å². The molecule has 0 amide bonds. The van der Waals surface area contributed by atoms with Crippen LogP contribution in [0.5, 0.6) is 0 Å². The number of benzene rings is 1. The lowest BCUT2D eigenvalue weighted by Gasteiger charge is -2.14. The van der Waals surface area contributed by atoms with E-state index in [1.54, 1.807) is 12.4 Å². The summed E-state index contributed by atoms with van der Waals surface area (Å²) >= 11 is 0. The first-order valence-electron chi connectivity index (χ1n) is 5.86. The van der Waals surface area contributed by atoms with Crippen molar-refractivity contribution in [2.45, 2.75) is 19.4 Å². The topological polar surface area (TPSA) is 44.1 Å². The molecule has 0 aliphatic carbocycles. The van der Waals surface area contributed by atoms with Gasteiger partial charge >= 0.3 is 5.97 Å². The third-order valence-corrected chi connectivity index (χ3v) is 2.91. The van der Waals surface area contributed by atoms with Crippen LogP contribution in [0, 0.1) is 0 Å². The molecule has 0 radical (unpaired) electrons. The second-order valence-electron chi connectivity index (χ2n) is 4.11. The van der Waals surface area contributed by atoms with Crippen LogP contribution in [0.2, 0.25) is 0 Å². The number of ether oxygens (including phenoxy) is 1. The van der Waals surface area contributed by atoms with E-state index in [1.165, 1.54) is 12.7 Å². The summed E-state index contributed by atoms with van der Waals surface area (Å²) in [6.45, 7) is 1.81. The molecule has 0 saturated heterocycles. The van der Waals surface area contributed by atoms with E-state index >= 15 is 0 Å². The Morgan fingerprint density at radius 3 is 2.78 bits per heavy atom. The monoisotopic (exact) mass is 244 g/mol. The van der Waals surface area contributed by atoms with Crippen molar-refractivity contribution in [3.8, 4) is 0 Å². The Bertz CT molecular complexity index is 520. The fourth-order valence-electron chi connectivity index (χ4n) is 1.90. The second kappa shape index (κ2) is 5.49. The van der Waals surface area contributed by atoms with Crippen molar-refractivity contribution in [1.29, 1.82) is 0 Å². The lowest BCUT2D eigenvalue weighted by molar-refractivity contribution is -0.144. The number of esters is 1. The summed E-state index contributed by atoms with van der Waals surface area (Å²) in [6, 6.07) is 9.70. The SMILES string of the molecule is COC(=O)C(C)n1ccnc1Cc1ccccc1. The maximum atomic E-state index is 11.5. The van der Waals surface area contributed by atoms with Gasteiger partial charge in [-0.05, 0) is 12.5 Å². The Labute approximate surface area is 106 Å². The number of hydrogen-bond donors (Lipinski definition) is 0. The second-order valence-corrected chi connectivity index (χ2v) is 4.11. The third kappa shape index (κ3) is 2.59. The molecule has 1 heterocycles. The van der Waals surface area contributed by atoms with Crippen LogP contribution in [0.25, 0.3) is 0 Å². The van der Waals surface area contributed by atoms with E-state index in [0.717, 1.165) is 5.82 Å². The van der Waals surface area contributed by atoms with Gasteiger partial charge < -0.3 is 9.30 Å². The van der Waals surface area contributed by atoms with Gasteiger partial charge in [0.15, 0.2) is 0 Å². The number of aromatic nitrogens is 2. The Morgan fingerprint density at radius 1 is 1.39 bits per heavy atom. The van der Waals surface area contributed by atoms with Gasteiger partial charge in [0.2, 0.25) is 0 Å². The van der Waals surface area contributed by atoms with Gasteiger partial charge in [0.05, 0.1) is 7.11 Å². The molecule has 0 aliphatic heterocycles. The maximum absolute atomic E-state index is 11.5. The van der Waals surface area contributed by atoms with E-state index in [9.17, 15) is 4.79 Å². The molecule has 2 aromatic rings. The summed E-state index contributed by atoms with van der Waals surface area (Å²) in [5.74, 6) is 0.599. The van der Waals surface area contributed by atoms with Gasteiger partial charge in [-0.15, -0.1) is 0 Å². The first kappa shape index (κ1) is 12.4. The minimum Gasteiger partial charge on any atom is -0.467 e. The van der Waals surface area contributed by atoms with Crippen LogP contribution in [-0.4, -0.2) is 22.6 Å². The molecule has 94 valence electrons. The molecule has 0 aliphatic rings. The predicted octanol–water partition coefficient (Wildman–Crippen LogP) is 2.21. The Hall–Kier alpha value is -2.10. The van der Waals surface area contributed by atoms with Crippen molar-refractivity contribution in [3.63, 3.8) is 0 Å². The molecule has 0 saturated carbocycles. The molecule has 0 N–H and O–H groups in total. The molecule has 0 bridgehead atoms. The number of methoxy groups -OCH3 is 1. The fourth-order valence-corrected chi connectivity index (χ4v) is 1.90. The van der Waals surface area contributed by atoms with Gasteiger partial charge in [0.25, 0.3) is 0 Å². The molecule has 4 nitrogen and oxygen atoms in total. The number of nitrogens with zero attached hydrogens (tertiary/aromatic N) is 2. The normalized spacial score (nSPS) is 12.1. The fraction of sp³-hybridized carbons (Fsp3) is 0.286. The Balaban J connectivity index is 2.20. The zero-order chi connectivity index (χ0) is 13.0. The summed E-state index contributed by atoms with van der Waals surface area (Å²) in [4.78, 5) is 15.8. The zero-order valence-corrected chi connectivity index (χ0v) is 10.5. The summed E-state index contributed by atoms with van der Waals surface area (Å²) in [5, 5.41) is 0. The summed E-state index contributed by atoms with van der Waals surface area (Å²) < 4.78 is 6.60. The average Bonchev–Trinajstić information content (AvgIpc) is 2.86. The van der Waals surface area contributed by atoms with E-state index in [0.29, 0.717) is 6.42 Å². The van der Waals surface area contributed by atoms with Crippen LogP contribution < -0.4 is 0 Å². The predicted molar refractivity (Wildman–Crippen MR) is 68.2 cm³/mol. The van der Waals surface area contributed by atoms with Crippen molar-refractivity contribution in [2.75, 3.05) is 7.11 Å². The van der Waals surface area contributed by atoms with Crippen LogP contribution in [0.3, 0.4) is 0 Å². The molecule has 4 heteroatoms. The first-order chi connectivity index (χ1) is 8.72. The molecule has 1 aromatic carbocycles. The van der Waals surface area contributed by atoms with E-state index in [1.807, 2.05) is 41.8 Å². The average molecular weight is 244 g/mol. The summed E-state index contributed by atoms with van der Waals surface area (Å²) in [6.07, 6.45) is 4.22. The molecule has 1 aromatic heterocycles. The number of carbonyl (C=O) groups is 1. The van der Waals surface area contributed by atoms with E-state index in [2.05, 4.69) is 4.98 Å². The van der Waals surface area contributed by atoms with Gasteiger partial charge in [-0.1, -0.05) is 30.3 Å². The molecule has 2 rings (SSSR count). The van der Waals surface area contributed by atoms with Crippen LogP contribution in [-0.2, 0) is 16.0 Å². The lowest BCUT2D eigenvalue weighted by atomic mass is 10.1. The van der Waals surface area contributed by atoms with Crippen LogP contribution >= 0.6 is 0 Å². The van der Waals surface area contributed by atoms with Gasteiger partial charge in [-0.3, -0.25) is 0 Å². The molecule has 1 atom stereocenters. The Kier molecular flexibility index (Phi) is 3.77. The first-order valence-corrected chi connectivity index (χ1v) is 5.86. The molecule has 1 unspecified atom stereocenters. The minimum atomic E-state index is -0.351. The highest BCUT2D eigenvalue weighted by molar-refractivity contribution is 5.73. The minimum absolute atomic E-state index is 0.262. The van der Waals surface area contributed by atoms with E-state index < -0.39 is 0 Å². The van der Waals surface area contributed by atoms with Crippen molar-refractivity contribution >= 4 is 5.97 Å². The van der Waals surface area contributed by atoms with E-state index in [-0.39, 0.29) is 12.0 Å². The van der Waals surface area contributed by atoms with Crippen molar-refractivity contribution in [2.24, 2.45) is 0 Å². The largest absolute Gasteiger partial charge is 0.467 e. The maximum Gasteiger partial charge on any atom is 0.328 e. The molecule has 0 spiro atoms. The highest BCUT2D eigenvalue weighted by Gasteiger charge is 2.17. The van der Waals surface area contributed by atoms with Crippen molar-refractivity contribution in [1.82, 2.24) is 9.55 Å². The van der Waals surface area contributed by atoms with Crippen molar-refractivity contribution in [3.05, 3.63) is 54.1 Å². The summed E-state index contributed by atoms with van der Waals surface area (Å²) in [7, 11) is 1.40. The van der Waals surface area contributed by atoms with Crippen LogP contribution in [0.15, 0.2) is 42.7 Å². The lowest BCUT2D eigenvalue weighted by Crippen LogP contribution is -2.19. The van der Waals surface area contributed by atoms with Gasteiger partial charge in [-0.25, -0.2) is 9.78 Å². The van der Waals surface area contributed by atoms with Crippen LogP contribution in [0.4, 0.5) is 0 Å². The Morgan fingerprint density at radius 2 is 2.11 bits per heavy atom. The van der Waals surface area contributed by atoms with E-state index in [4.69, 9.17) is 4.74 Å². The molecular formula is C14H16N2O2. The number of rotatable bonds is 4.